The van der Waals surface area contributed by atoms with Crippen molar-refractivity contribution >= 4 is 59.8 Å². The van der Waals surface area contributed by atoms with Crippen LogP contribution in [0.15, 0.2) is 138 Å². The average molecular weight is 1330 g/mol. The summed E-state index contributed by atoms with van der Waals surface area (Å²) in [5, 5.41) is 58.6. The highest BCUT2D eigenvalue weighted by Crippen LogP contribution is 2.29. The molecule has 0 bridgehead atoms. The number of rotatable bonds is 35. The van der Waals surface area contributed by atoms with E-state index in [2.05, 4.69) is 42.2 Å². The number of carbonyl (C=O) groups excluding carboxylic acids is 6. The van der Waals surface area contributed by atoms with Crippen LogP contribution in [0.25, 0.3) is 11.1 Å². The van der Waals surface area contributed by atoms with Crippen LogP contribution in [-0.4, -0.2) is 229 Å². The van der Waals surface area contributed by atoms with E-state index in [1.165, 1.54) is 12.1 Å². The van der Waals surface area contributed by atoms with Gasteiger partial charge in [-0.25, -0.2) is 4.79 Å². The highest BCUT2D eigenvalue weighted by molar-refractivity contribution is 5.95. The predicted molar refractivity (Wildman–Crippen MR) is 359 cm³/mol. The van der Waals surface area contributed by atoms with Crippen molar-refractivity contribution in [2.45, 2.75) is 75.8 Å². The van der Waals surface area contributed by atoms with Gasteiger partial charge in [0.25, 0.3) is 0 Å². The van der Waals surface area contributed by atoms with Gasteiger partial charge in [0.15, 0.2) is 12.2 Å². The fraction of sp³-hybridized carbons (Fsp3) is 0.412. The average Bonchev–Trinajstić information content (AvgIpc) is 0.852. The van der Waals surface area contributed by atoms with Gasteiger partial charge < -0.3 is 68.0 Å². The summed E-state index contributed by atoms with van der Waals surface area (Å²) in [6, 6.07) is 35.9. The van der Waals surface area contributed by atoms with E-state index in [1.54, 1.807) is 62.9 Å². The van der Waals surface area contributed by atoms with Crippen molar-refractivity contribution in [3.63, 3.8) is 0 Å². The summed E-state index contributed by atoms with van der Waals surface area (Å²) in [4.78, 5) is 128. The molecule has 1 aliphatic heterocycles. The van der Waals surface area contributed by atoms with Gasteiger partial charge in [0.1, 0.15) is 35.8 Å². The zero-order valence-corrected chi connectivity index (χ0v) is 54.0. The maximum absolute atomic E-state index is 14.6. The minimum atomic E-state index is -1.24. The Bertz CT molecular complexity index is 3300. The molecule has 1 fully saturated rings. The van der Waals surface area contributed by atoms with Crippen molar-refractivity contribution in [2.24, 2.45) is 16.5 Å². The number of urea groups is 1. The second-order valence-corrected chi connectivity index (χ2v) is 23.0. The standard InChI is InChI=1S/C68H90N14O14/c1-2-71-68(95)78-67(70)73-29-12-19-55(63(91)74-42-48-22-26-53(84)27-23-48)76-66(94)62(51-15-7-4-8-16-51)52-17-11-18-54(40-52)96-38-10-9-28-72-64(92)56(39-47-20-24-50(25-21-47)49-13-5-3-6-14-49)77-65(93)57(41-69)75-58(46-83)82-36-34-80(44-60(87)88)32-30-79(43-59(85)86)31-33-81(35-37-82)45-61(89)90/h3-8,11,13-18,20-27,40,46,55-58,62,75,84H,2,9-10,12,19,28-39,41-45,69H2,1H3,(H,72,92)(H,74,91)(H,76,94)(H,77,93)(H,85,86)(H,87,88)(H,89,90)(H4,70,71,73,78,95)/t55-,56-,57-,58?,62?/m1/s1. The number of benzene rings is 5. The summed E-state index contributed by atoms with van der Waals surface area (Å²) in [7, 11) is 0. The monoisotopic (exact) mass is 1330 g/mol. The Hall–Kier alpha value is -9.84. The Balaban J connectivity index is 1.12. The normalized spacial score (nSPS) is 15.3. The summed E-state index contributed by atoms with van der Waals surface area (Å²) in [5.74, 6) is -5.92. The van der Waals surface area contributed by atoms with Gasteiger partial charge in [-0.1, -0.05) is 109 Å². The van der Waals surface area contributed by atoms with Crippen molar-refractivity contribution in [1.82, 2.24) is 56.8 Å². The molecule has 5 aromatic rings. The van der Waals surface area contributed by atoms with E-state index in [1.807, 2.05) is 84.9 Å². The Morgan fingerprint density at radius 1 is 0.594 bits per heavy atom. The first kappa shape index (κ1) is 75.2. The number of carboxylic acids is 3. The molecule has 15 N–H and O–H groups in total. The van der Waals surface area contributed by atoms with E-state index in [9.17, 15) is 63.6 Å². The first-order valence-electron chi connectivity index (χ1n) is 32.0. The van der Waals surface area contributed by atoms with Gasteiger partial charge in [-0.3, -0.25) is 68.8 Å². The van der Waals surface area contributed by atoms with Crippen LogP contribution in [0.4, 0.5) is 4.79 Å². The van der Waals surface area contributed by atoms with E-state index < -0.39 is 77.8 Å². The molecule has 1 saturated heterocycles. The molecule has 6 rings (SSSR count). The number of nitrogens with zero attached hydrogens (tertiary/aromatic N) is 5. The molecule has 0 saturated carbocycles. The Labute approximate surface area is 558 Å². The number of phenols is 1. The smallest absolute Gasteiger partial charge is 0.321 e. The van der Waals surface area contributed by atoms with Crippen LogP contribution in [-0.2, 0) is 51.3 Å². The van der Waals surface area contributed by atoms with Gasteiger partial charge in [-0.15, -0.1) is 0 Å². The molecule has 0 radical (unpaired) electrons. The lowest BCUT2D eigenvalue weighted by molar-refractivity contribution is -0.140. The summed E-state index contributed by atoms with van der Waals surface area (Å²) in [6.45, 7) is 2.37. The number of guanidine groups is 1. The topological polar surface area (TPSA) is 405 Å². The van der Waals surface area contributed by atoms with Crippen molar-refractivity contribution in [1.29, 1.82) is 0 Å². The summed E-state index contributed by atoms with van der Waals surface area (Å²) in [6.07, 6.45) is 0.828. The fourth-order valence-corrected chi connectivity index (χ4v) is 10.7. The van der Waals surface area contributed by atoms with E-state index in [4.69, 9.17) is 16.2 Å². The zero-order valence-electron chi connectivity index (χ0n) is 54.0. The highest BCUT2D eigenvalue weighted by Gasteiger charge is 2.32. The maximum atomic E-state index is 14.6. The van der Waals surface area contributed by atoms with Crippen LogP contribution < -0.4 is 53.4 Å². The number of hydrogen-bond donors (Lipinski definition) is 13. The molecule has 28 heteroatoms. The van der Waals surface area contributed by atoms with Crippen LogP contribution in [0.1, 0.15) is 60.8 Å². The van der Waals surface area contributed by atoms with E-state index in [0.29, 0.717) is 49.0 Å². The third kappa shape index (κ3) is 26.5. The molecule has 0 aliphatic carbocycles. The van der Waals surface area contributed by atoms with Crippen molar-refractivity contribution in [2.75, 3.05) is 105 Å². The summed E-state index contributed by atoms with van der Waals surface area (Å²) < 4.78 is 6.23. The largest absolute Gasteiger partial charge is 0.508 e. The lowest BCUT2D eigenvalue weighted by Gasteiger charge is -2.36. The number of unbranched alkanes of at least 4 members (excludes halogenated alkanes) is 1. The lowest BCUT2D eigenvalue weighted by Crippen LogP contribution is -2.61. The Kier molecular flexibility index (Phi) is 31.7. The number of carbonyl (C=O) groups is 9. The fourth-order valence-electron chi connectivity index (χ4n) is 10.7. The molecule has 0 spiro atoms. The van der Waals surface area contributed by atoms with Crippen molar-refractivity contribution < 1.29 is 68.3 Å². The lowest BCUT2D eigenvalue weighted by atomic mass is 9.90. The number of carboxylic acid groups (broad SMARTS) is 3. The molecule has 96 heavy (non-hydrogen) atoms. The molecule has 5 aromatic carbocycles. The van der Waals surface area contributed by atoms with Gasteiger partial charge in [0, 0.05) is 91.5 Å². The van der Waals surface area contributed by atoms with Crippen molar-refractivity contribution in [3.05, 3.63) is 156 Å². The quantitative estimate of drug-likeness (QED) is 0.0118. The predicted octanol–water partition coefficient (Wildman–Crippen LogP) is 1.33. The molecular weight excluding hydrogens is 1240 g/mol. The third-order valence-electron chi connectivity index (χ3n) is 15.8. The Morgan fingerprint density at radius 3 is 1.73 bits per heavy atom. The first-order valence-corrected chi connectivity index (χ1v) is 32.0. The summed E-state index contributed by atoms with van der Waals surface area (Å²) >= 11 is 0. The molecule has 5 atom stereocenters. The minimum absolute atomic E-state index is 0.0658. The number of aldehydes is 1. The number of aliphatic carboxylic acids is 3. The second kappa shape index (κ2) is 40.4. The van der Waals surface area contributed by atoms with Gasteiger partial charge in [-0.05, 0) is 90.3 Å². The number of hydrogen-bond acceptors (Lipinski definition) is 18. The molecule has 28 nitrogen and oxygen atoms in total. The van der Waals surface area contributed by atoms with Gasteiger partial charge in [-0.2, -0.15) is 0 Å². The number of phenolic OH excluding ortho intramolecular Hbond substituents is 1. The number of nitrogens with two attached hydrogens (primary N) is 2. The molecule has 1 aliphatic rings. The van der Waals surface area contributed by atoms with Gasteiger partial charge >= 0.3 is 23.9 Å². The molecule has 1 heterocycles. The zero-order chi connectivity index (χ0) is 69.2. The third-order valence-corrected chi connectivity index (χ3v) is 15.8. The van der Waals surface area contributed by atoms with E-state index >= 15 is 0 Å². The van der Waals surface area contributed by atoms with Gasteiger partial charge in [0.2, 0.25) is 23.6 Å². The number of nitrogens with one attached hydrogen (secondary N) is 7. The first-order chi connectivity index (χ1) is 46.3. The van der Waals surface area contributed by atoms with Crippen LogP contribution in [0.2, 0.25) is 0 Å². The van der Waals surface area contributed by atoms with Gasteiger partial charge in [0.05, 0.1) is 32.2 Å². The van der Waals surface area contributed by atoms with Crippen molar-refractivity contribution in [3.8, 4) is 22.6 Å². The van der Waals surface area contributed by atoms with Crippen LogP contribution in [0.3, 0.4) is 0 Å². The van der Waals surface area contributed by atoms with Crippen LogP contribution >= 0.6 is 0 Å². The highest BCUT2D eigenvalue weighted by atomic mass is 16.5. The summed E-state index contributed by atoms with van der Waals surface area (Å²) in [5.41, 5.74) is 16.7. The Morgan fingerprint density at radius 2 is 1.15 bits per heavy atom. The van der Waals surface area contributed by atoms with Crippen LogP contribution in [0.5, 0.6) is 11.5 Å². The number of amides is 6. The number of ether oxygens (including phenoxy) is 1. The number of aliphatic imine (C=N–C) groups is 1. The molecule has 2 unspecified atom stereocenters. The second-order valence-electron chi connectivity index (χ2n) is 23.0. The maximum Gasteiger partial charge on any atom is 0.321 e. The number of aromatic hydroxyl groups is 1. The molecule has 0 aromatic heterocycles. The van der Waals surface area contributed by atoms with E-state index in [-0.39, 0.29) is 129 Å². The van der Waals surface area contributed by atoms with E-state index in [0.717, 1.165) is 22.3 Å². The molecular formula is C68H90N14O14. The molecule has 516 valence electrons. The minimum Gasteiger partial charge on any atom is -0.508 e. The SMILES string of the molecule is CCNC(=O)NC(N)=NCCC[C@@H](NC(=O)C(c1ccccc1)c1cccc(OCCCCNC(=O)[C@@H](Cc2ccc(-c3ccccc3)cc2)NC(=O)[C@@H](CN)NC(C=O)N2CCN(CC(=O)O)CCN(CC(=O)O)CCN(CC(=O)O)CC2)c1)C(=O)NCc1ccc(O)cc1. The van der Waals surface area contributed by atoms with Crippen LogP contribution in [0, 0.1) is 0 Å². The molecule has 6 amide bonds.